The maximum absolute atomic E-state index is 12.2. The largest absolute Gasteiger partial charge is 0.490 e. The van der Waals surface area contributed by atoms with E-state index in [9.17, 15) is 4.79 Å². The number of nitrogens with zero attached hydrogens (tertiary/aromatic N) is 2. The molecule has 5 nitrogen and oxygen atoms in total. The third-order valence-electron chi connectivity index (χ3n) is 3.90. The minimum atomic E-state index is -0.527. The van der Waals surface area contributed by atoms with Crippen LogP contribution in [0.15, 0.2) is 55.1 Å². The van der Waals surface area contributed by atoms with Crippen molar-refractivity contribution in [3.63, 3.8) is 0 Å². The standard InChI is InChI=1S/C22H24N2O3S/c1-6-13-26-17-11-12-18-19(14-17)28-20(23-18)15-7-9-16(10-8-15)24(5)21(25)27-22(2,3)4/h6-12,14H,1,13H2,2-5H3. The first-order chi connectivity index (χ1) is 13.3. The summed E-state index contributed by atoms with van der Waals surface area (Å²) < 4.78 is 12.1. The minimum Gasteiger partial charge on any atom is -0.490 e. The van der Waals surface area contributed by atoms with Crippen molar-refractivity contribution in [2.45, 2.75) is 26.4 Å². The fraction of sp³-hybridized carbons (Fsp3) is 0.273. The van der Waals surface area contributed by atoms with Crippen LogP contribution in [0.1, 0.15) is 20.8 Å². The Bertz CT molecular complexity index is 987. The third kappa shape index (κ3) is 4.70. The Morgan fingerprint density at radius 1 is 1.21 bits per heavy atom. The number of benzene rings is 2. The molecule has 3 rings (SSSR count). The Hall–Kier alpha value is -2.86. The van der Waals surface area contributed by atoms with Crippen molar-refractivity contribution in [3.05, 3.63) is 55.1 Å². The van der Waals surface area contributed by atoms with Crippen LogP contribution in [0.25, 0.3) is 20.8 Å². The highest BCUT2D eigenvalue weighted by Crippen LogP contribution is 2.33. The summed E-state index contributed by atoms with van der Waals surface area (Å²) in [6.07, 6.45) is 1.34. The molecule has 0 aliphatic heterocycles. The minimum absolute atomic E-state index is 0.382. The maximum atomic E-state index is 12.2. The Labute approximate surface area is 169 Å². The highest BCUT2D eigenvalue weighted by molar-refractivity contribution is 7.21. The summed E-state index contributed by atoms with van der Waals surface area (Å²) in [5.41, 5.74) is 2.16. The van der Waals surface area contributed by atoms with Crippen molar-refractivity contribution < 1.29 is 14.3 Å². The zero-order valence-electron chi connectivity index (χ0n) is 16.6. The summed E-state index contributed by atoms with van der Waals surface area (Å²) in [6.45, 7) is 9.69. The van der Waals surface area contributed by atoms with Crippen LogP contribution >= 0.6 is 11.3 Å². The van der Waals surface area contributed by atoms with Gasteiger partial charge in [0, 0.05) is 18.3 Å². The van der Waals surface area contributed by atoms with Gasteiger partial charge in [-0.3, -0.25) is 4.90 Å². The zero-order chi connectivity index (χ0) is 20.3. The summed E-state index contributed by atoms with van der Waals surface area (Å²) in [5.74, 6) is 0.803. The van der Waals surface area contributed by atoms with Crippen LogP contribution in [-0.4, -0.2) is 30.3 Å². The molecule has 146 valence electrons. The van der Waals surface area contributed by atoms with Crippen LogP contribution in [0.4, 0.5) is 10.5 Å². The number of anilines is 1. The number of thiazole rings is 1. The number of hydrogen-bond acceptors (Lipinski definition) is 5. The zero-order valence-corrected chi connectivity index (χ0v) is 17.4. The second-order valence-corrected chi connectivity index (χ2v) is 8.37. The van der Waals surface area contributed by atoms with Gasteiger partial charge in [0.15, 0.2) is 0 Å². The van der Waals surface area contributed by atoms with Gasteiger partial charge in [-0.25, -0.2) is 9.78 Å². The van der Waals surface area contributed by atoms with Crippen molar-refractivity contribution in [2.24, 2.45) is 0 Å². The van der Waals surface area contributed by atoms with Gasteiger partial charge < -0.3 is 9.47 Å². The SMILES string of the molecule is C=CCOc1ccc2nc(-c3ccc(N(C)C(=O)OC(C)(C)C)cc3)sc2c1. The molecule has 0 spiro atoms. The second-order valence-electron chi connectivity index (χ2n) is 7.33. The molecular formula is C22H24N2O3S. The molecule has 0 N–H and O–H groups in total. The van der Waals surface area contributed by atoms with Crippen molar-refractivity contribution in [2.75, 3.05) is 18.6 Å². The van der Waals surface area contributed by atoms with E-state index < -0.39 is 5.60 Å². The van der Waals surface area contributed by atoms with E-state index in [1.54, 1.807) is 24.5 Å². The Kier molecular flexibility index (Phi) is 5.70. The lowest BCUT2D eigenvalue weighted by Crippen LogP contribution is -2.34. The second kappa shape index (κ2) is 8.02. The number of carbonyl (C=O) groups is 1. The molecule has 0 bridgehead atoms. The van der Waals surface area contributed by atoms with Gasteiger partial charge in [-0.05, 0) is 63.2 Å². The Balaban J connectivity index is 1.79. The number of amides is 1. The molecule has 3 aromatic rings. The van der Waals surface area contributed by atoms with Crippen molar-refractivity contribution >= 4 is 33.3 Å². The van der Waals surface area contributed by atoms with E-state index in [2.05, 4.69) is 6.58 Å². The molecule has 1 amide bonds. The lowest BCUT2D eigenvalue weighted by atomic mass is 10.2. The van der Waals surface area contributed by atoms with Crippen LogP contribution in [0.2, 0.25) is 0 Å². The Morgan fingerprint density at radius 2 is 1.93 bits per heavy atom. The van der Waals surface area contributed by atoms with Gasteiger partial charge in [-0.2, -0.15) is 0 Å². The first kappa shape index (κ1) is 19.9. The monoisotopic (exact) mass is 396 g/mol. The highest BCUT2D eigenvalue weighted by atomic mass is 32.1. The van der Waals surface area contributed by atoms with Gasteiger partial charge in [-0.15, -0.1) is 11.3 Å². The van der Waals surface area contributed by atoms with Gasteiger partial charge in [0.2, 0.25) is 0 Å². The molecule has 0 aliphatic carbocycles. The van der Waals surface area contributed by atoms with E-state index in [0.29, 0.717) is 6.61 Å². The van der Waals surface area contributed by atoms with Gasteiger partial charge in [0.1, 0.15) is 23.0 Å². The normalized spacial score (nSPS) is 11.3. The van der Waals surface area contributed by atoms with E-state index >= 15 is 0 Å². The van der Waals surface area contributed by atoms with Crippen LogP contribution in [0.3, 0.4) is 0 Å². The number of carbonyl (C=O) groups excluding carboxylic acids is 1. The summed E-state index contributed by atoms with van der Waals surface area (Å²) in [4.78, 5) is 18.4. The van der Waals surface area contributed by atoms with E-state index in [1.165, 1.54) is 4.90 Å². The predicted molar refractivity (Wildman–Crippen MR) is 115 cm³/mol. The molecule has 0 atom stereocenters. The van der Waals surface area contributed by atoms with Gasteiger partial charge in [0.25, 0.3) is 0 Å². The fourth-order valence-electron chi connectivity index (χ4n) is 2.54. The first-order valence-corrected chi connectivity index (χ1v) is 9.80. The lowest BCUT2D eigenvalue weighted by Gasteiger charge is -2.24. The first-order valence-electron chi connectivity index (χ1n) is 8.98. The van der Waals surface area contributed by atoms with Gasteiger partial charge in [-0.1, -0.05) is 12.7 Å². The number of rotatable bonds is 5. The van der Waals surface area contributed by atoms with E-state index in [0.717, 1.165) is 32.2 Å². The molecule has 0 saturated carbocycles. The average Bonchev–Trinajstić information content (AvgIpc) is 3.08. The predicted octanol–water partition coefficient (Wildman–Crippen LogP) is 5.90. The quantitative estimate of drug-likeness (QED) is 0.504. The van der Waals surface area contributed by atoms with Crippen molar-refractivity contribution in [1.29, 1.82) is 0 Å². The highest BCUT2D eigenvalue weighted by Gasteiger charge is 2.20. The third-order valence-corrected chi connectivity index (χ3v) is 4.96. The molecule has 0 radical (unpaired) electrons. The number of aromatic nitrogens is 1. The topological polar surface area (TPSA) is 51.7 Å². The van der Waals surface area contributed by atoms with Crippen molar-refractivity contribution in [1.82, 2.24) is 4.98 Å². The van der Waals surface area contributed by atoms with Gasteiger partial charge in [0.05, 0.1) is 10.2 Å². The average molecular weight is 397 g/mol. The van der Waals surface area contributed by atoms with Gasteiger partial charge >= 0.3 is 6.09 Å². The van der Waals surface area contributed by atoms with E-state index in [-0.39, 0.29) is 6.09 Å². The Morgan fingerprint density at radius 3 is 2.57 bits per heavy atom. The van der Waals surface area contributed by atoms with E-state index in [4.69, 9.17) is 14.5 Å². The summed E-state index contributed by atoms with van der Waals surface area (Å²) >= 11 is 1.60. The van der Waals surface area contributed by atoms with Crippen LogP contribution in [0.5, 0.6) is 5.75 Å². The van der Waals surface area contributed by atoms with Crippen LogP contribution < -0.4 is 9.64 Å². The molecule has 0 saturated heterocycles. The molecule has 0 aliphatic rings. The molecule has 1 heterocycles. The fourth-order valence-corrected chi connectivity index (χ4v) is 3.54. The number of fused-ring (bicyclic) bond motifs is 1. The summed E-state index contributed by atoms with van der Waals surface area (Å²) in [5, 5.41) is 0.919. The smallest absolute Gasteiger partial charge is 0.414 e. The summed E-state index contributed by atoms with van der Waals surface area (Å²) in [7, 11) is 1.70. The summed E-state index contributed by atoms with van der Waals surface area (Å²) in [6, 6.07) is 13.6. The molecule has 2 aromatic carbocycles. The number of hydrogen-bond donors (Lipinski definition) is 0. The molecule has 0 unspecified atom stereocenters. The lowest BCUT2D eigenvalue weighted by molar-refractivity contribution is 0.0589. The molecule has 0 fully saturated rings. The molecular weight excluding hydrogens is 372 g/mol. The molecule has 6 heteroatoms. The molecule has 28 heavy (non-hydrogen) atoms. The van der Waals surface area contributed by atoms with Crippen LogP contribution in [0, 0.1) is 0 Å². The maximum Gasteiger partial charge on any atom is 0.414 e. The number of ether oxygens (including phenoxy) is 2. The molecule has 1 aromatic heterocycles. The van der Waals surface area contributed by atoms with E-state index in [1.807, 2.05) is 63.2 Å². The van der Waals surface area contributed by atoms with Crippen molar-refractivity contribution in [3.8, 4) is 16.3 Å². The van der Waals surface area contributed by atoms with Crippen LogP contribution in [-0.2, 0) is 4.74 Å².